The molecule has 4 amide bonds. The number of methoxy groups -OCH3 is 1. The Bertz CT molecular complexity index is 1060. The second-order valence-corrected chi connectivity index (χ2v) is 10.4. The SMILES string of the molecule is C=CCNC(=O)C(=O)C(CCC)NC(=O)C1CCCN1C(=O)CNC(=O)Cc1cccc(OCCC(C)OC)c1.CC.CCC. The number of ketones is 1. The Morgan fingerprint density at radius 3 is 2.40 bits per heavy atom. The minimum atomic E-state index is -0.984. The van der Waals surface area contributed by atoms with Crippen molar-refractivity contribution in [3.05, 3.63) is 42.5 Å². The van der Waals surface area contributed by atoms with E-state index in [1.54, 1.807) is 25.3 Å². The fourth-order valence-corrected chi connectivity index (χ4v) is 4.30. The van der Waals surface area contributed by atoms with Gasteiger partial charge in [-0.25, -0.2) is 0 Å². The summed E-state index contributed by atoms with van der Waals surface area (Å²) in [5, 5.41) is 7.71. The van der Waals surface area contributed by atoms with Gasteiger partial charge in [-0.05, 0) is 43.9 Å². The van der Waals surface area contributed by atoms with Crippen molar-refractivity contribution in [2.24, 2.45) is 0 Å². The van der Waals surface area contributed by atoms with Crippen LogP contribution in [0.25, 0.3) is 0 Å². The van der Waals surface area contributed by atoms with Crippen LogP contribution >= 0.6 is 0 Å². The molecule has 0 radical (unpaired) electrons. The molecule has 1 aromatic rings. The van der Waals surface area contributed by atoms with Crippen LogP contribution in [0.4, 0.5) is 0 Å². The molecular formula is C34H56N4O7. The Morgan fingerprint density at radius 1 is 1.09 bits per heavy atom. The van der Waals surface area contributed by atoms with Gasteiger partial charge in [0.2, 0.25) is 23.5 Å². The molecule has 0 aromatic heterocycles. The second kappa shape index (κ2) is 24.6. The third-order valence-electron chi connectivity index (χ3n) is 6.61. The maximum atomic E-state index is 13.0. The smallest absolute Gasteiger partial charge is 0.289 e. The molecule has 11 nitrogen and oxygen atoms in total. The van der Waals surface area contributed by atoms with Crippen molar-refractivity contribution in [2.75, 3.05) is 33.4 Å². The van der Waals surface area contributed by atoms with Crippen LogP contribution in [0.3, 0.4) is 0 Å². The summed E-state index contributed by atoms with van der Waals surface area (Å²) in [5.41, 5.74) is 0.740. The first-order valence-electron chi connectivity index (χ1n) is 16.2. The van der Waals surface area contributed by atoms with Crippen molar-refractivity contribution in [2.45, 2.75) is 105 Å². The number of carbonyl (C=O) groups excluding carboxylic acids is 5. The molecule has 0 bridgehead atoms. The van der Waals surface area contributed by atoms with E-state index in [1.807, 2.05) is 33.8 Å². The number of hydrogen-bond donors (Lipinski definition) is 3. The third-order valence-corrected chi connectivity index (χ3v) is 6.61. The topological polar surface area (TPSA) is 143 Å². The standard InChI is InChI=1S/C29H42N4O7.C3H8.C2H6/c1-5-9-23(27(36)29(38)30-14-6-2)32-28(37)24-12-8-15-33(24)26(35)19-31-25(34)18-21-10-7-11-22(17-21)40-16-13-20(3)39-4;1-3-2;1-2/h6-7,10-11,17,20,23-24H,2,5,8-9,12-16,18-19H2,1,3-4H3,(H,30,38)(H,31,34)(H,32,37);3H2,1-2H3;1-2H3. The van der Waals surface area contributed by atoms with Gasteiger partial charge in [0.05, 0.1) is 31.7 Å². The van der Waals surface area contributed by atoms with Gasteiger partial charge < -0.3 is 30.3 Å². The summed E-state index contributed by atoms with van der Waals surface area (Å²) in [5.74, 6) is -2.10. The predicted molar refractivity (Wildman–Crippen MR) is 177 cm³/mol. The molecular weight excluding hydrogens is 576 g/mol. The number of ether oxygens (including phenoxy) is 2. The van der Waals surface area contributed by atoms with Crippen LogP contribution in [-0.2, 0) is 35.1 Å². The van der Waals surface area contributed by atoms with Crippen molar-refractivity contribution in [1.29, 1.82) is 0 Å². The summed E-state index contributed by atoms with van der Waals surface area (Å²) in [6, 6.07) is 5.44. The van der Waals surface area contributed by atoms with Crippen LogP contribution in [0.1, 0.15) is 85.6 Å². The molecule has 3 atom stereocenters. The Morgan fingerprint density at radius 2 is 1.78 bits per heavy atom. The number of rotatable bonds is 17. The summed E-state index contributed by atoms with van der Waals surface area (Å²) in [6.07, 6.45) is 5.50. The molecule has 1 aliphatic rings. The quantitative estimate of drug-likeness (QED) is 0.175. The first-order valence-corrected chi connectivity index (χ1v) is 16.2. The van der Waals surface area contributed by atoms with Gasteiger partial charge in [-0.15, -0.1) is 6.58 Å². The zero-order valence-electron chi connectivity index (χ0n) is 28.4. The van der Waals surface area contributed by atoms with Crippen molar-refractivity contribution in [3.8, 4) is 5.75 Å². The molecule has 1 aliphatic heterocycles. The van der Waals surface area contributed by atoms with Crippen molar-refractivity contribution < 1.29 is 33.4 Å². The van der Waals surface area contributed by atoms with Crippen molar-refractivity contribution >= 4 is 29.4 Å². The third kappa shape index (κ3) is 16.2. The lowest BCUT2D eigenvalue weighted by Gasteiger charge is -2.26. The average molecular weight is 633 g/mol. The molecule has 0 aliphatic carbocycles. The summed E-state index contributed by atoms with van der Waals surface area (Å²) < 4.78 is 10.9. The number of carbonyl (C=O) groups is 5. The van der Waals surface area contributed by atoms with E-state index in [1.165, 1.54) is 17.4 Å². The molecule has 254 valence electrons. The second-order valence-electron chi connectivity index (χ2n) is 10.4. The molecule has 45 heavy (non-hydrogen) atoms. The van der Waals surface area contributed by atoms with E-state index in [-0.39, 0.29) is 31.5 Å². The lowest BCUT2D eigenvalue weighted by molar-refractivity contribution is -0.142. The van der Waals surface area contributed by atoms with E-state index in [9.17, 15) is 24.0 Å². The summed E-state index contributed by atoms with van der Waals surface area (Å²) in [6.45, 7) is 16.3. The fraction of sp³-hybridized carbons (Fsp3) is 0.618. The average Bonchev–Trinajstić information content (AvgIpc) is 3.54. The molecule has 2 rings (SSSR count). The number of Topliss-reactive ketones (excluding diaryl/α,β-unsaturated/α-hetero) is 1. The molecule has 3 N–H and O–H groups in total. The lowest BCUT2D eigenvalue weighted by Crippen LogP contribution is -2.54. The first-order chi connectivity index (χ1) is 21.6. The summed E-state index contributed by atoms with van der Waals surface area (Å²) in [7, 11) is 1.65. The predicted octanol–water partition coefficient (Wildman–Crippen LogP) is 3.74. The summed E-state index contributed by atoms with van der Waals surface area (Å²) in [4.78, 5) is 64.5. The van der Waals surface area contributed by atoms with Gasteiger partial charge >= 0.3 is 0 Å². The van der Waals surface area contributed by atoms with Crippen molar-refractivity contribution in [3.63, 3.8) is 0 Å². The Hall–Kier alpha value is -3.73. The van der Waals surface area contributed by atoms with Crippen LogP contribution in [0.2, 0.25) is 0 Å². The van der Waals surface area contributed by atoms with Crippen molar-refractivity contribution in [1.82, 2.24) is 20.9 Å². The zero-order valence-corrected chi connectivity index (χ0v) is 28.4. The van der Waals surface area contributed by atoms with Crippen LogP contribution in [0.5, 0.6) is 5.75 Å². The number of nitrogens with zero attached hydrogens (tertiary/aromatic N) is 1. The molecule has 1 fully saturated rings. The van der Waals surface area contributed by atoms with Crippen LogP contribution < -0.4 is 20.7 Å². The van der Waals surface area contributed by atoms with Crippen LogP contribution in [0.15, 0.2) is 36.9 Å². The largest absolute Gasteiger partial charge is 0.493 e. The molecule has 1 aromatic carbocycles. The molecule has 1 saturated heterocycles. The monoisotopic (exact) mass is 632 g/mol. The van der Waals surface area contributed by atoms with E-state index in [0.717, 1.165) is 12.0 Å². The highest BCUT2D eigenvalue weighted by atomic mass is 16.5. The number of amides is 4. The highest BCUT2D eigenvalue weighted by molar-refractivity contribution is 6.38. The van der Waals surface area contributed by atoms with E-state index < -0.39 is 35.6 Å². The minimum Gasteiger partial charge on any atom is -0.493 e. The van der Waals surface area contributed by atoms with Gasteiger partial charge in [0.15, 0.2) is 0 Å². The van der Waals surface area contributed by atoms with Crippen LogP contribution in [-0.4, -0.2) is 85.9 Å². The zero-order chi connectivity index (χ0) is 34.2. The van der Waals surface area contributed by atoms with Gasteiger partial charge in [0.25, 0.3) is 5.91 Å². The Balaban J connectivity index is 0.00000364. The van der Waals surface area contributed by atoms with E-state index >= 15 is 0 Å². The molecule has 3 unspecified atom stereocenters. The molecule has 0 spiro atoms. The highest BCUT2D eigenvalue weighted by Gasteiger charge is 2.36. The maximum Gasteiger partial charge on any atom is 0.289 e. The van der Waals surface area contributed by atoms with Crippen LogP contribution in [0, 0.1) is 0 Å². The number of nitrogens with one attached hydrogen (secondary N) is 3. The van der Waals surface area contributed by atoms with E-state index in [0.29, 0.717) is 44.6 Å². The Labute approximate surface area is 269 Å². The number of hydrogen-bond acceptors (Lipinski definition) is 7. The Kier molecular flexibility index (Phi) is 22.5. The van der Waals surface area contributed by atoms with Gasteiger partial charge in [0, 0.05) is 26.6 Å². The number of benzene rings is 1. The van der Waals surface area contributed by atoms with Gasteiger partial charge in [-0.1, -0.05) is 65.7 Å². The normalized spacial score (nSPS) is 14.7. The van der Waals surface area contributed by atoms with E-state index in [4.69, 9.17) is 9.47 Å². The van der Waals surface area contributed by atoms with Gasteiger partial charge in [-0.3, -0.25) is 24.0 Å². The fourth-order valence-electron chi connectivity index (χ4n) is 4.30. The summed E-state index contributed by atoms with van der Waals surface area (Å²) >= 11 is 0. The highest BCUT2D eigenvalue weighted by Crippen LogP contribution is 2.18. The molecule has 0 saturated carbocycles. The minimum absolute atomic E-state index is 0.0671. The van der Waals surface area contributed by atoms with Gasteiger partial charge in [0.1, 0.15) is 11.8 Å². The lowest BCUT2D eigenvalue weighted by atomic mass is 10.1. The number of likely N-dealkylation sites (tertiary alicyclic amines) is 1. The molecule has 11 heteroatoms. The van der Waals surface area contributed by atoms with E-state index in [2.05, 4.69) is 36.4 Å². The first kappa shape index (κ1) is 41.3. The maximum absolute atomic E-state index is 13.0. The van der Waals surface area contributed by atoms with Gasteiger partial charge in [-0.2, -0.15) is 0 Å². The molecule has 1 heterocycles.